The molecule has 21 heavy (non-hydrogen) atoms. The summed E-state index contributed by atoms with van der Waals surface area (Å²) in [6.07, 6.45) is 4.39. The number of aromatic nitrogens is 1. The minimum absolute atomic E-state index is 0.579. The van der Waals surface area contributed by atoms with Crippen molar-refractivity contribution >= 4 is 23.0 Å². The van der Waals surface area contributed by atoms with Crippen molar-refractivity contribution < 1.29 is 4.74 Å². The van der Waals surface area contributed by atoms with Crippen molar-refractivity contribution in [1.29, 1.82) is 5.26 Å². The van der Waals surface area contributed by atoms with Gasteiger partial charge < -0.3 is 4.74 Å². The lowest BCUT2D eigenvalue weighted by Crippen LogP contribution is -2.00. The summed E-state index contributed by atoms with van der Waals surface area (Å²) < 4.78 is 5.88. The molecule has 0 N–H and O–H groups in total. The van der Waals surface area contributed by atoms with Gasteiger partial charge in [-0.3, -0.25) is 0 Å². The van der Waals surface area contributed by atoms with Gasteiger partial charge in [-0.05, 0) is 37.8 Å². The summed E-state index contributed by atoms with van der Waals surface area (Å²) in [4.78, 5) is 4.38. The number of nitrogens with zero attached hydrogens (tertiary/aromatic N) is 2. The molecule has 4 heteroatoms. The molecule has 1 aliphatic rings. The van der Waals surface area contributed by atoms with E-state index in [1.165, 1.54) is 24.2 Å². The predicted molar refractivity (Wildman–Crippen MR) is 85.0 cm³/mol. The van der Waals surface area contributed by atoms with Gasteiger partial charge in [0.15, 0.2) is 0 Å². The van der Waals surface area contributed by atoms with Gasteiger partial charge in [-0.25, -0.2) is 4.98 Å². The number of para-hydroxylation sites is 1. The molecule has 0 aliphatic heterocycles. The van der Waals surface area contributed by atoms with Crippen LogP contribution in [0, 0.1) is 24.2 Å². The van der Waals surface area contributed by atoms with Gasteiger partial charge in [0.1, 0.15) is 16.8 Å². The van der Waals surface area contributed by atoms with E-state index in [2.05, 4.69) is 11.1 Å². The van der Waals surface area contributed by atoms with Gasteiger partial charge >= 0.3 is 0 Å². The Morgan fingerprint density at radius 2 is 2.29 bits per heavy atom. The Kier molecular flexibility index (Phi) is 4.03. The summed E-state index contributed by atoms with van der Waals surface area (Å²) >= 11 is 1.49. The first-order valence-electron chi connectivity index (χ1n) is 7.02. The molecule has 0 atom stereocenters. The van der Waals surface area contributed by atoms with Crippen molar-refractivity contribution in [2.24, 2.45) is 5.92 Å². The molecule has 3 nitrogen and oxygen atoms in total. The molecule has 0 radical (unpaired) electrons. The molecule has 0 unspecified atom stereocenters. The highest BCUT2D eigenvalue weighted by atomic mass is 32.1. The topological polar surface area (TPSA) is 45.9 Å². The fraction of sp³-hybridized carbons (Fsp3) is 0.294. The number of hydrogen-bond donors (Lipinski definition) is 0. The number of allylic oxidation sites excluding steroid dienone is 1. The zero-order valence-electron chi connectivity index (χ0n) is 11.9. The van der Waals surface area contributed by atoms with Crippen LogP contribution in [-0.2, 0) is 0 Å². The van der Waals surface area contributed by atoms with Crippen LogP contribution in [0.2, 0.25) is 0 Å². The first-order chi connectivity index (χ1) is 10.3. The quantitative estimate of drug-likeness (QED) is 0.773. The van der Waals surface area contributed by atoms with Gasteiger partial charge in [-0.2, -0.15) is 5.26 Å². The highest BCUT2D eigenvalue weighted by Crippen LogP contribution is 2.31. The van der Waals surface area contributed by atoms with E-state index in [0.717, 1.165) is 28.6 Å². The molecule has 1 saturated carbocycles. The molecule has 1 aromatic heterocycles. The molecule has 0 spiro atoms. The van der Waals surface area contributed by atoms with Crippen LogP contribution in [0.15, 0.2) is 29.6 Å². The lowest BCUT2D eigenvalue weighted by molar-refractivity contribution is 0.299. The number of benzene rings is 1. The smallest absolute Gasteiger partial charge is 0.134 e. The first kappa shape index (κ1) is 13.8. The van der Waals surface area contributed by atoms with Gasteiger partial charge in [0.2, 0.25) is 0 Å². The molecular weight excluding hydrogens is 280 g/mol. The fourth-order valence-electron chi connectivity index (χ4n) is 2.00. The lowest BCUT2D eigenvalue weighted by Gasteiger charge is -2.08. The Balaban J connectivity index is 1.87. The van der Waals surface area contributed by atoms with Gasteiger partial charge in [0.25, 0.3) is 0 Å². The van der Waals surface area contributed by atoms with Crippen LogP contribution < -0.4 is 4.74 Å². The van der Waals surface area contributed by atoms with E-state index in [-0.39, 0.29) is 0 Å². The number of thiazole rings is 1. The molecule has 1 heterocycles. The molecule has 106 valence electrons. The number of ether oxygens (including phenoxy) is 1. The van der Waals surface area contributed by atoms with Crippen LogP contribution in [-0.4, -0.2) is 11.6 Å². The predicted octanol–water partition coefficient (Wildman–Crippen LogP) is 4.30. The second kappa shape index (κ2) is 6.11. The van der Waals surface area contributed by atoms with Crippen molar-refractivity contribution in [2.45, 2.75) is 19.8 Å². The highest BCUT2D eigenvalue weighted by molar-refractivity contribution is 7.11. The number of rotatable bonds is 5. The average Bonchev–Trinajstić information content (AvgIpc) is 3.24. The molecule has 0 amide bonds. The number of nitriles is 1. The maximum Gasteiger partial charge on any atom is 0.134 e. The molecule has 3 rings (SSSR count). The molecular formula is C17H16N2OS. The molecule has 0 saturated heterocycles. The first-order valence-corrected chi connectivity index (χ1v) is 7.90. The molecule has 0 bridgehead atoms. The summed E-state index contributed by atoms with van der Waals surface area (Å²) in [5, 5.41) is 12.1. The Hall–Kier alpha value is -2.12. The van der Waals surface area contributed by atoms with Crippen LogP contribution in [0.3, 0.4) is 0 Å². The standard InChI is InChI=1S/C17H16N2OS/c1-12-11-21-17(19-12)15(9-18)8-14-4-2-3-5-16(14)20-10-13-6-7-13/h2-5,8,11,13H,6-7,10H2,1H3. The maximum atomic E-state index is 9.38. The second-order valence-corrected chi connectivity index (χ2v) is 6.11. The van der Waals surface area contributed by atoms with Gasteiger partial charge in [0, 0.05) is 16.6 Å². The Morgan fingerprint density at radius 1 is 1.48 bits per heavy atom. The summed E-state index contributed by atoms with van der Waals surface area (Å²) in [7, 11) is 0. The van der Waals surface area contributed by atoms with Crippen molar-refractivity contribution in [2.75, 3.05) is 6.61 Å². The summed E-state index contributed by atoms with van der Waals surface area (Å²) in [6, 6.07) is 10.1. The van der Waals surface area contributed by atoms with Crippen molar-refractivity contribution in [1.82, 2.24) is 4.98 Å². The Labute approximate surface area is 128 Å². The van der Waals surface area contributed by atoms with Gasteiger partial charge in [-0.15, -0.1) is 11.3 Å². The van der Waals surface area contributed by atoms with E-state index in [1.807, 2.05) is 42.6 Å². The zero-order chi connectivity index (χ0) is 14.7. The van der Waals surface area contributed by atoms with E-state index in [4.69, 9.17) is 4.74 Å². The minimum atomic E-state index is 0.579. The van der Waals surface area contributed by atoms with E-state index in [1.54, 1.807) is 0 Å². The van der Waals surface area contributed by atoms with E-state index in [0.29, 0.717) is 11.5 Å². The van der Waals surface area contributed by atoms with Gasteiger partial charge in [-0.1, -0.05) is 18.2 Å². The zero-order valence-corrected chi connectivity index (χ0v) is 12.7. The Morgan fingerprint density at radius 3 is 2.95 bits per heavy atom. The number of hydrogen-bond acceptors (Lipinski definition) is 4. The summed E-state index contributed by atoms with van der Waals surface area (Å²) in [6.45, 7) is 2.70. The Bertz CT molecular complexity index is 708. The highest BCUT2D eigenvalue weighted by Gasteiger charge is 2.22. The summed E-state index contributed by atoms with van der Waals surface area (Å²) in [5.41, 5.74) is 2.45. The lowest BCUT2D eigenvalue weighted by atomic mass is 10.1. The third-order valence-corrected chi connectivity index (χ3v) is 4.35. The van der Waals surface area contributed by atoms with Crippen molar-refractivity contribution in [3.8, 4) is 11.8 Å². The van der Waals surface area contributed by atoms with E-state index in [9.17, 15) is 5.26 Å². The van der Waals surface area contributed by atoms with Crippen LogP contribution in [0.25, 0.3) is 11.6 Å². The van der Waals surface area contributed by atoms with Crippen molar-refractivity contribution in [3.05, 3.63) is 45.9 Å². The van der Waals surface area contributed by atoms with Gasteiger partial charge in [0.05, 0.1) is 12.2 Å². The largest absolute Gasteiger partial charge is 0.493 e. The number of aryl methyl sites for hydroxylation is 1. The van der Waals surface area contributed by atoms with Crippen LogP contribution >= 0.6 is 11.3 Å². The normalized spacial score (nSPS) is 14.8. The van der Waals surface area contributed by atoms with Crippen LogP contribution in [0.4, 0.5) is 0 Å². The summed E-state index contributed by atoms with van der Waals surface area (Å²) in [5.74, 6) is 1.55. The second-order valence-electron chi connectivity index (χ2n) is 5.26. The third-order valence-electron chi connectivity index (χ3n) is 3.36. The third kappa shape index (κ3) is 3.50. The minimum Gasteiger partial charge on any atom is -0.493 e. The van der Waals surface area contributed by atoms with Crippen LogP contribution in [0.1, 0.15) is 29.1 Å². The molecule has 1 aliphatic carbocycles. The molecule has 1 aromatic carbocycles. The molecule has 1 fully saturated rings. The fourth-order valence-corrected chi connectivity index (χ4v) is 2.76. The van der Waals surface area contributed by atoms with E-state index >= 15 is 0 Å². The van der Waals surface area contributed by atoms with Crippen molar-refractivity contribution in [3.63, 3.8) is 0 Å². The maximum absolute atomic E-state index is 9.38. The SMILES string of the molecule is Cc1csc(C(C#N)=Cc2ccccc2OCC2CC2)n1. The van der Waals surface area contributed by atoms with E-state index < -0.39 is 0 Å². The van der Waals surface area contributed by atoms with Crippen LogP contribution in [0.5, 0.6) is 5.75 Å². The average molecular weight is 296 g/mol. The monoisotopic (exact) mass is 296 g/mol. The molecule has 2 aromatic rings.